The van der Waals surface area contributed by atoms with Gasteiger partial charge in [-0.2, -0.15) is 0 Å². The van der Waals surface area contributed by atoms with Gasteiger partial charge in [0.25, 0.3) is 0 Å². The van der Waals surface area contributed by atoms with E-state index in [-0.39, 0.29) is 25.4 Å². The zero-order valence-electron chi connectivity index (χ0n) is 11.3. The van der Waals surface area contributed by atoms with Crippen molar-refractivity contribution in [3.05, 3.63) is 35.9 Å². The number of amides is 1. The smallest absolute Gasteiger partial charge is 0.407 e. The van der Waals surface area contributed by atoms with Gasteiger partial charge in [0.2, 0.25) is 0 Å². The first-order valence-electron chi connectivity index (χ1n) is 6.80. The number of hydrogen-bond donors (Lipinski definition) is 1. The molecular formula is C15H19NO4. The number of aldehydes is 1. The van der Waals surface area contributed by atoms with Gasteiger partial charge in [-0.05, 0) is 24.8 Å². The van der Waals surface area contributed by atoms with Crippen LogP contribution in [0.4, 0.5) is 4.79 Å². The van der Waals surface area contributed by atoms with Gasteiger partial charge in [-0.3, -0.25) is 0 Å². The lowest BCUT2D eigenvalue weighted by atomic mass is 10.2. The molecule has 1 amide bonds. The first-order valence-corrected chi connectivity index (χ1v) is 6.80. The minimum absolute atomic E-state index is 0.0552. The highest BCUT2D eigenvalue weighted by molar-refractivity contribution is 5.67. The number of carbonyl (C=O) groups is 2. The molecule has 2 rings (SSSR count). The quantitative estimate of drug-likeness (QED) is 0.808. The molecule has 0 radical (unpaired) electrons. The van der Waals surface area contributed by atoms with Gasteiger partial charge in [0.1, 0.15) is 19.5 Å². The monoisotopic (exact) mass is 277 g/mol. The number of hydrogen-bond acceptors (Lipinski definition) is 4. The first kappa shape index (κ1) is 14.5. The van der Waals surface area contributed by atoms with E-state index in [9.17, 15) is 9.59 Å². The van der Waals surface area contributed by atoms with Gasteiger partial charge < -0.3 is 19.6 Å². The topological polar surface area (TPSA) is 64.6 Å². The number of benzene rings is 1. The fourth-order valence-corrected chi connectivity index (χ4v) is 2.33. The third-order valence-electron chi connectivity index (χ3n) is 3.32. The predicted octanol–water partition coefficient (Wildman–Crippen LogP) is 2.05. The van der Waals surface area contributed by atoms with Crippen molar-refractivity contribution in [2.24, 2.45) is 0 Å². The Hall–Kier alpha value is -1.88. The summed E-state index contributed by atoms with van der Waals surface area (Å²) >= 11 is 0. The molecule has 0 aromatic heterocycles. The van der Waals surface area contributed by atoms with E-state index < -0.39 is 6.09 Å². The molecule has 5 heteroatoms. The molecule has 1 fully saturated rings. The number of rotatable bonds is 6. The van der Waals surface area contributed by atoms with Gasteiger partial charge in [-0.15, -0.1) is 0 Å². The third-order valence-corrected chi connectivity index (χ3v) is 3.32. The molecule has 0 unspecified atom stereocenters. The number of ether oxygens (including phenoxy) is 2. The standard InChI is InChI=1S/C15H19NO4/c17-8-9-19-14-7-6-13(10-14)16-15(18)20-11-12-4-2-1-3-5-12/h1-5,8,13-14H,6-7,9-11H2,(H,16,18)/t13-,14+/m0/s1. The molecule has 0 bridgehead atoms. The summed E-state index contributed by atoms with van der Waals surface area (Å²) < 4.78 is 10.5. The highest BCUT2D eigenvalue weighted by Crippen LogP contribution is 2.21. The lowest BCUT2D eigenvalue weighted by Crippen LogP contribution is -2.33. The van der Waals surface area contributed by atoms with E-state index in [0.717, 1.165) is 31.1 Å². The zero-order valence-corrected chi connectivity index (χ0v) is 11.3. The van der Waals surface area contributed by atoms with Crippen molar-refractivity contribution >= 4 is 12.4 Å². The summed E-state index contributed by atoms with van der Waals surface area (Å²) in [4.78, 5) is 21.9. The summed E-state index contributed by atoms with van der Waals surface area (Å²) in [5.74, 6) is 0. The molecule has 1 saturated carbocycles. The van der Waals surface area contributed by atoms with Crippen molar-refractivity contribution in [1.29, 1.82) is 0 Å². The van der Waals surface area contributed by atoms with Crippen LogP contribution in [0, 0.1) is 0 Å². The minimum atomic E-state index is -0.408. The fraction of sp³-hybridized carbons (Fsp3) is 0.467. The number of nitrogens with one attached hydrogen (secondary N) is 1. The highest BCUT2D eigenvalue weighted by atomic mass is 16.5. The first-order chi connectivity index (χ1) is 9.78. The van der Waals surface area contributed by atoms with E-state index in [1.165, 1.54) is 0 Å². The van der Waals surface area contributed by atoms with Gasteiger partial charge in [0, 0.05) is 6.04 Å². The van der Waals surface area contributed by atoms with E-state index >= 15 is 0 Å². The lowest BCUT2D eigenvalue weighted by molar-refractivity contribution is -0.113. The molecule has 5 nitrogen and oxygen atoms in total. The summed E-state index contributed by atoms with van der Waals surface area (Å²) in [5.41, 5.74) is 0.960. The van der Waals surface area contributed by atoms with Crippen LogP contribution in [0.5, 0.6) is 0 Å². The van der Waals surface area contributed by atoms with E-state index in [1.807, 2.05) is 30.3 Å². The largest absolute Gasteiger partial charge is 0.445 e. The second-order valence-electron chi connectivity index (χ2n) is 4.84. The summed E-state index contributed by atoms with van der Waals surface area (Å²) in [5, 5.41) is 2.83. The molecule has 1 aromatic carbocycles. The van der Waals surface area contributed by atoms with Crippen molar-refractivity contribution in [3.63, 3.8) is 0 Å². The molecule has 0 heterocycles. The molecule has 1 aliphatic rings. The number of carbonyl (C=O) groups excluding carboxylic acids is 2. The van der Waals surface area contributed by atoms with Crippen molar-refractivity contribution < 1.29 is 19.1 Å². The van der Waals surface area contributed by atoms with Crippen LogP contribution in [-0.4, -0.2) is 31.1 Å². The minimum Gasteiger partial charge on any atom is -0.445 e. The Kier molecular flexibility index (Phi) is 5.55. The Bertz CT molecular complexity index is 435. The van der Waals surface area contributed by atoms with Crippen molar-refractivity contribution in [1.82, 2.24) is 5.32 Å². The Labute approximate surface area is 118 Å². The Morgan fingerprint density at radius 1 is 1.30 bits per heavy atom. The molecule has 1 aromatic rings. The van der Waals surface area contributed by atoms with Gasteiger partial charge in [-0.25, -0.2) is 4.79 Å². The maximum atomic E-state index is 11.7. The average Bonchev–Trinajstić information content (AvgIpc) is 2.91. The zero-order chi connectivity index (χ0) is 14.2. The maximum absolute atomic E-state index is 11.7. The van der Waals surface area contributed by atoms with E-state index in [2.05, 4.69) is 5.32 Å². The predicted molar refractivity (Wildman–Crippen MR) is 73.2 cm³/mol. The van der Waals surface area contributed by atoms with E-state index in [1.54, 1.807) is 0 Å². The molecular weight excluding hydrogens is 258 g/mol. The van der Waals surface area contributed by atoms with Crippen LogP contribution in [-0.2, 0) is 20.9 Å². The normalized spacial score (nSPS) is 21.4. The van der Waals surface area contributed by atoms with Gasteiger partial charge in [0.15, 0.2) is 0 Å². The molecule has 2 atom stereocenters. The van der Waals surface area contributed by atoms with Crippen LogP contribution in [0.3, 0.4) is 0 Å². The molecule has 1 aliphatic carbocycles. The lowest BCUT2D eigenvalue weighted by Gasteiger charge is -2.13. The Morgan fingerprint density at radius 2 is 2.10 bits per heavy atom. The van der Waals surface area contributed by atoms with Crippen LogP contribution in [0.15, 0.2) is 30.3 Å². The van der Waals surface area contributed by atoms with Crippen LogP contribution in [0.1, 0.15) is 24.8 Å². The highest BCUT2D eigenvalue weighted by Gasteiger charge is 2.26. The molecule has 1 N–H and O–H groups in total. The summed E-state index contributed by atoms with van der Waals surface area (Å²) in [6.07, 6.45) is 2.83. The van der Waals surface area contributed by atoms with E-state index in [4.69, 9.17) is 9.47 Å². The van der Waals surface area contributed by atoms with Crippen LogP contribution in [0.2, 0.25) is 0 Å². The summed E-state index contributed by atoms with van der Waals surface area (Å²) in [6, 6.07) is 9.61. The average molecular weight is 277 g/mol. The molecule has 0 saturated heterocycles. The molecule has 0 aliphatic heterocycles. The molecule has 20 heavy (non-hydrogen) atoms. The third kappa shape index (κ3) is 4.66. The van der Waals surface area contributed by atoms with Crippen molar-refractivity contribution in [3.8, 4) is 0 Å². The van der Waals surface area contributed by atoms with Gasteiger partial charge >= 0.3 is 6.09 Å². The second-order valence-corrected chi connectivity index (χ2v) is 4.84. The van der Waals surface area contributed by atoms with Crippen LogP contribution >= 0.6 is 0 Å². The van der Waals surface area contributed by atoms with Gasteiger partial charge in [0.05, 0.1) is 6.10 Å². The SMILES string of the molecule is O=CCO[C@@H]1CC[C@H](NC(=O)OCc2ccccc2)C1. The molecule has 0 spiro atoms. The Morgan fingerprint density at radius 3 is 2.85 bits per heavy atom. The Balaban J connectivity index is 1.66. The summed E-state index contributed by atoms with van der Waals surface area (Å²) in [7, 11) is 0. The summed E-state index contributed by atoms with van der Waals surface area (Å²) in [6.45, 7) is 0.389. The van der Waals surface area contributed by atoms with Gasteiger partial charge in [-0.1, -0.05) is 30.3 Å². The van der Waals surface area contributed by atoms with Crippen LogP contribution < -0.4 is 5.32 Å². The maximum Gasteiger partial charge on any atom is 0.407 e. The van der Waals surface area contributed by atoms with E-state index in [0.29, 0.717) is 0 Å². The fourth-order valence-electron chi connectivity index (χ4n) is 2.33. The number of alkyl carbamates (subject to hydrolysis) is 1. The van der Waals surface area contributed by atoms with Crippen LogP contribution in [0.25, 0.3) is 0 Å². The van der Waals surface area contributed by atoms with Crippen molar-refractivity contribution in [2.75, 3.05) is 6.61 Å². The second kappa shape index (κ2) is 7.65. The van der Waals surface area contributed by atoms with Crippen molar-refractivity contribution in [2.45, 2.75) is 38.0 Å². The molecule has 108 valence electrons.